The second kappa shape index (κ2) is 4.67. The van der Waals surface area contributed by atoms with Gasteiger partial charge in [0.2, 0.25) is 0 Å². The average molecular weight is 256 g/mol. The van der Waals surface area contributed by atoms with E-state index in [9.17, 15) is 13.2 Å². The molecule has 2 aromatic heterocycles. The highest BCUT2D eigenvalue weighted by Crippen LogP contribution is 2.28. The Kier molecular flexibility index (Phi) is 3.22. The maximum atomic E-state index is 12.3. The summed E-state index contributed by atoms with van der Waals surface area (Å²) in [6.45, 7) is 0.351. The van der Waals surface area contributed by atoms with Gasteiger partial charge in [-0.05, 0) is 12.1 Å². The Morgan fingerprint density at radius 2 is 2.06 bits per heavy atom. The molecule has 0 saturated carbocycles. The van der Waals surface area contributed by atoms with Crippen molar-refractivity contribution in [2.24, 2.45) is 7.05 Å². The highest BCUT2D eigenvalue weighted by molar-refractivity contribution is 5.38. The Hall–Kier alpha value is -2.05. The molecule has 2 aromatic rings. The molecule has 0 aliphatic heterocycles. The Labute approximate surface area is 101 Å². The summed E-state index contributed by atoms with van der Waals surface area (Å²) >= 11 is 0. The van der Waals surface area contributed by atoms with E-state index in [2.05, 4.69) is 15.4 Å². The number of aromatic nitrogens is 3. The van der Waals surface area contributed by atoms with Crippen LogP contribution >= 0.6 is 0 Å². The van der Waals surface area contributed by atoms with Crippen LogP contribution in [-0.4, -0.2) is 14.8 Å². The highest BCUT2D eigenvalue weighted by atomic mass is 19.4. The Bertz CT molecular complexity index is 516. The zero-order valence-electron chi connectivity index (χ0n) is 9.57. The average Bonchev–Trinajstić information content (AvgIpc) is 2.72. The molecule has 0 atom stereocenters. The molecular formula is C11H11F3N4. The number of nitrogens with zero attached hydrogens (tertiary/aromatic N) is 3. The predicted molar refractivity (Wildman–Crippen MR) is 59.8 cm³/mol. The quantitative estimate of drug-likeness (QED) is 0.917. The fraction of sp³-hybridized carbons (Fsp3) is 0.273. The van der Waals surface area contributed by atoms with E-state index in [-0.39, 0.29) is 0 Å². The Balaban J connectivity index is 1.98. The van der Waals surface area contributed by atoms with Crippen LogP contribution in [0.25, 0.3) is 0 Å². The summed E-state index contributed by atoms with van der Waals surface area (Å²) in [5.74, 6) is 0. The lowest BCUT2D eigenvalue weighted by Crippen LogP contribution is -2.07. The summed E-state index contributed by atoms with van der Waals surface area (Å²) in [6.07, 6.45) is -0.114. The molecule has 0 saturated heterocycles. The van der Waals surface area contributed by atoms with Gasteiger partial charge < -0.3 is 5.32 Å². The number of hydrogen-bond acceptors (Lipinski definition) is 3. The molecule has 2 heterocycles. The minimum Gasteiger partial charge on any atom is -0.377 e. The summed E-state index contributed by atoms with van der Waals surface area (Å²) in [5.41, 5.74) is 0.582. The zero-order valence-corrected chi connectivity index (χ0v) is 9.57. The monoisotopic (exact) mass is 256 g/mol. The third-order valence-electron chi connectivity index (χ3n) is 2.33. The smallest absolute Gasteiger partial charge is 0.377 e. The first kappa shape index (κ1) is 12.4. The number of hydrogen-bond donors (Lipinski definition) is 1. The molecular weight excluding hydrogens is 245 g/mol. The van der Waals surface area contributed by atoms with Crippen molar-refractivity contribution in [2.75, 3.05) is 5.32 Å². The van der Waals surface area contributed by atoms with Gasteiger partial charge in [0, 0.05) is 19.4 Å². The van der Waals surface area contributed by atoms with Crippen molar-refractivity contribution in [3.05, 3.63) is 42.0 Å². The van der Waals surface area contributed by atoms with Gasteiger partial charge >= 0.3 is 6.18 Å². The largest absolute Gasteiger partial charge is 0.417 e. The molecule has 0 amide bonds. The van der Waals surface area contributed by atoms with Gasteiger partial charge in [-0.25, -0.2) is 0 Å². The third kappa shape index (κ3) is 2.99. The van der Waals surface area contributed by atoms with Gasteiger partial charge in [0.15, 0.2) is 0 Å². The van der Waals surface area contributed by atoms with E-state index in [1.165, 1.54) is 6.07 Å². The van der Waals surface area contributed by atoms with Crippen LogP contribution in [0.1, 0.15) is 11.3 Å². The van der Waals surface area contributed by atoms with Crippen LogP contribution in [0.15, 0.2) is 30.7 Å². The molecule has 18 heavy (non-hydrogen) atoms. The van der Waals surface area contributed by atoms with Crippen molar-refractivity contribution in [3.63, 3.8) is 0 Å². The minimum absolute atomic E-state index is 0.351. The van der Waals surface area contributed by atoms with E-state index in [4.69, 9.17) is 0 Å². The Morgan fingerprint density at radius 3 is 2.56 bits per heavy atom. The van der Waals surface area contributed by atoms with E-state index in [1.54, 1.807) is 24.1 Å². The number of alkyl halides is 3. The number of nitrogens with one attached hydrogen (secondary N) is 1. The number of rotatable bonds is 3. The van der Waals surface area contributed by atoms with Crippen LogP contribution in [0.5, 0.6) is 0 Å². The minimum atomic E-state index is -4.34. The van der Waals surface area contributed by atoms with Crippen molar-refractivity contribution in [3.8, 4) is 0 Å². The molecule has 0 aliphatic carbocycles. The standard InChI is InChI=1S/C11H11F3N4/c1-18-7-10(6-17-18)16-5-9-3-2-8(4-15-9)11(12,13)14/h2-4,6-7,16H,5H2,1H3. The van der Waals surface area contributed by atoms with E-state index in [1.807, 2.05) is 0 Å². The van der Waals surface area contributed by atoms with E-state index in [0.717, 1.165) is 18.0 Å². The van der Waals surface area contributed by atoms with Crippen molar-refractivity contribution < 1.29 is 13.2 Å². The molecule has 0 aromatic carbocycles. The van der Waals surface area contributed by atoms with Crippen molar-refractivity contribution >= 4 is 5.69 Å². The normalized spacial score (nSPS) is 11.6. The second-order valence-electron chi connectivity index (χ2n) is 3.79. The lowest BCUT2D eigenvalue weighted by molar-refractivity contribution is -0.137. The lowest BCUT2D eigenvalue weighted by atomic mass is 10.2. The first-order valence-corrected chi connectivity index (χ1v) is 5.20. The van der Waals surface area contributed by atoms with Crippen molar-refractivity contribution in [1.29, 1.82) is 0 Å². The molecule has 0 bridgehead atoms. The zero-order chi connectivity index (χ0) is 13.2. The van der Waals surface area contributed by atoms with Crippen LogP contribution in [0.3, 0.4) is 0 Å². The summed E-state index contributed by atoms with van der Waals surface area (Å²) in [5, 5.41) is 6.97. The van der Waals surface area contributed by atoms with E-state index < -0.39 is 11.7 Å². The summed E-state index contributed by atoms with van der Waals surface area (Å²) in [7, 11) is 1.78. The fourth-order valence-electron chi connectivity index (χ4n) is 1.40. The van der Waals surface area contributed by atoms with Gasteiger partial charge in [-0.2, -0.15) is 18.3 Å². The first-order valence-electron chi connectivity index (χ1n) is 5.20. The summed E-state index contributed by atoms with van der Waals surface area (Å²) < 4.78 is 38.5. The highest BCUT2D eigenvalue weighted by Gasteiger charge is 2.30. The number of halogens is 3. The molecule has 0 radical (unpaired) electrons. The number of aryl methyl sites for hydroxylation is 1. The van der Waals surface area contributed by atoms with Crippen molar-refractivity contribution in [1.82, 2.24) is 14.8 Å². The van der Waals surface area contributed by atoms with E-state index >= 15 is 0 Å². The van der Waals surface area contributed by atoms with Gasteiger partial charge in [0.25, 0.3) is 0 Å². The summed E-state index contributed by atoms with van der Waals surface area (Å²) in [4.78, 5) is 3.76. The lowest BCUT2D eigenvalue weighted by Gasteiger charge is -2.07. The SMILES string of the molecule is Cn1cc(NCc2ccc(C(F)(F)F)cn2)cn1. The molecule has 7 heteroatoms. The first-order chi connectivity index (χ1) is 8.45. The maximum Gasteiger partial charge on any atom is 0.417 e. The van der Waals surface area contributed by atoms with Gasteiger partial charge in [-0.15, -0.1) is 0 Å². The molecule has 96 valence electrons. The third-order valence-corrected chi connectivity index (χ3v) is 2.33. The maximum absolute atomic E-state index is 12.3. The van der Waals surface area contributed by atoms with Crippen LogP contribution in [0, 0.1) is 0 Å². The van der Waals surface area contributed by atoms with E-state index in [0.29, 0.717) is 12.2 Å². The van der Waals surface area contributed by atoms with Gasteiger partial charge in [0.1, 0.15) is 0 Å². The topological polar surface area (TPSA) is 42.7 Å². The fourth-order valence-corrected chi connectivity index (χ4v) is 1.40. The predicted octanol–water partition coefficient (Wildman–Crippen LogP) is 2.45. The van der Waals surface area contributed by atoms with Crippen LogP contribution in [-0.2, 0) is 19.8 Å². The van der Waals surface area contributed by atoms with Gasteiger partial charge in [0.05, 0.1) is 29.7 Å². The Morgan fingerprint density at radius 1 is 1.28 bits per heavy atom. The molecule has 2 rings (SSSR count). The molecule has 0 fully saturated rings. The molecule has 4 nitrogen and oxygen atoms in total. The second-order valence-corrected chi connectivity index (χ2v) is 3.79. The van der Waals surface area contributed by atoms with Crippen molar-refractivity contribution in [2.45, 2.75) is 12.7 Å². The van der Waals surface area contributed by atoms with Gasteiger partial charge in [-0.1, -0.05) is 0 Å². The van der Waals surface area contributed by atoms with Gasteiger partial charge in [-0.3, -0.25) is 9.67 Å². The molecule has 0 aliphatic rings. The number of pyridine rings is 1. The summed E-state index contributed by atoms with van der Waals surface area (Å²) in [6, 6.07) is 2.37. The molecule has 0 spiro atoms. The number of anilines is 1. The van der Waals surface area contributed by atoms with Crippen LogP contribution in [0.4, 0.5) is 18.9 Å². The van der Waals surface area contributed by atoms with Crippen LogP contribution < -0.4 is 5.32 Å². The van der Waals surface area contributed by atoms with Crippen LogP contribution in [0.2, 0.25) is 0 Å². The molecule has 0 unspecified atom stereocenters. The molecule has 1 N–H and O–H groups in total.